The van der Waals surface area contributed by atoms with Crippen LogP contribution in [0.3, 0.4) is 0 Å². The van der Waals surface area contributed by atoms with Crippen LogP contribution in [-0.2, 0) is 0 Å². The van der Waals surface area contributed by atoms with Crippen molar-refractivity contribution in [1.29, 1.82) is 0 Å². The maximum absolute atomic E-state index is 12.9. The number of likely N-dealkylation sites (tertiary alicyclic amines) is 1. The standard InChI is InChI=1S/C18H19FN2O3/c19-14-5-7-15(8-6-14)24-12-13-3-2-10-21(11-13)18(23)17-16(22)4-1-9-20-17/h1,4-9,13,22H,2-3,10-12H2/t13-/m0/s1. The Hall–Kier alpha value is -2.63. The molecule has 0 aliphatic carbocycles. The Balaban J connectivity index is 1.59. The van der Waals surface area contributed by atoms with Gasteiger partial charge in [0.1, 0.15) is 17.3 Å². The van der Waals surface area contributed by atoms with E-state index in [1.807, 2.05) is 0 Å². The number of nitrogens with zero attached hydrogens (tertiary/aromatic N) is 2. The number of piperidine rings is 1. The Bertz CT molecular complexity index is 706. The van der Waals surface area contributed by atoms with Gasteiger partial charge in [0.2, 0.25) is 0 Å². The second-order valence-corrected chi connectivity index (χ2v) is 5.90. The van der Waals surface area contributed by atoms with Crippen LogP contribution < -0.4 is 4.74 Å². The molecule has 1 aliphatic heterocycles. The summed E-state index contributed by atoms with van der Waals surface area (Å²) in [4.78, 5) is 18.2. The molecule has 1 aliphatic rings. The molecule has 0 saturated carbocycles. The van der Waals surface area contributed by atoms with Crippen molar-refractivity contribution in [2.45, 2.75) is 12.8 Å². The van der Waals surface area contributed by atoms with Crippen LogP contribution in [0.1, 0.15) is 23.3 Å². The monoisotopic (exact) mass is 330 g/mol. The molecular weight excluding hydrogens is 311 g/mol. The number of benzene rings is 1. The minimum atomic E-state index is -0.299. The molecular formula is C18H19FN2O3. The molecule has 1 fully saturated rings. The lowest BCUT2D eigenvalue weighted by Crippen LogP contribution is -2.41. The molecule has 0 radical (unpaired) electrons. The van der Waals surface area contributed by atoms with Gasteiger partial charge in [-0.15, -0.1) is 0 Å². The van der Waals surface area contributed by atoms with Gasteiger partial charge >= 0.3 is 0 Å². The lowest BCUT2D eigenvalue weighted by Gasteiger charge is -2.32. The van der Waals surface area contributed by atoms with E-state index in [9.17, 15) is 14.3 Å². The van der Waals surface area contributed by atoms with Crippen LogP contribution in [0.25, 0.3) is 0 Å². The summed E-state index contributed by atoms with van der Waals surface area (Å²) in [5, 5.41) is 9.79. The summed E-state index contributed by atoms with van der Waals surface area (Å²) in [5.41, 5.74) is 0.0811. The fourth-order valence-corrected chi connectivity index (χ4v) is 2.84. The molecule has 1 aromatic heterocycles. The summed E-state index contributed by atoms with van der Waals surface area (Å²) in [6, 6.07) is 8.94. The molecule has 1 atom stereocenters. The zero-order valence-electron chi connectivity index (χ0n) is 13.2. The van der Waals surface area contributed by atoms with Crippen LogP contribution in [0.5, 0.6) is 11.5 Å². The highest BCUT2D eigenvalue weighted by Crippen LogP contribution is 2.22. The van der Waals surface area contributed by atoms with Crippen molar-refractivity contribution in [2.24, 2.45) is 5.92 Å². The van der Waals surface area contributed by atoms with Gasteiger partial charge in [0.25, 0.3) is 5.91 Å². The summed E-state index contributed by atoms with van der Waals surface area (Å²) in [5.74, 6) is 0.138. The van der Waals surface area contributed by atoms with E-state index in [0.29, 0.717) is 25.4 Å². The molecule has 0 bridgehead atoms. The van der Waals surface area contributed by atoms with Crippen molar-refractivity contribution in [2.75, 3.05) is 19.7 Å². The Labute approximate surface area is 139 Å². The van der Waals surface area contributed by atoms with Crippen molar-refractivity contribution >= 4 is 5.91 Å². The van der Waals surface area contributed by atoms with E-state index in [4.69, 9.17) is 4.74 Å². The van der Waals surface area contributed by atoms with E-state index in [-0.39, 0.29) is 29.1 Å². The van der Waals surface area contributed by atoms with E-state index in [1.165, 1.54) is 24.4 Å². The van der Waals surface area contributed by atoms with Crippen LogP contribution in [0, 0.1) is 11.7 Å². The minimum Gasteiger partial charge on any atom is -0.505 e. The van der Waals surface area contributed by atoms with E-state index in [1.54, 1.807) is 23.1 Å². The fraction of sp³-hybridized carbons (Fsp3) is 0.333. The third-order valence-corrected chi connectivity index (χ3v) is 4.09. The van der Waals surface area contributed by atoms with E-state index in [0.717, 1.165) is 12.8 Å². The predicted octanol–water partition coefficient (Wildman–Crippen LogP) is 2.86. The maximum atomic E-state index is 12.9. The van der Waals surface area contributed by atoms with Gasteiger partial charge in [0, 0.05) is 25.2 Å². The zero-order valence-corrected chi connectivity index (χ0v) is 13.2. The first kappa shape index (κ1) is 16.2. The Kier molecular flexibility index (Phi) is 4.93. The van der Waals surface area contributed by atoms with Crippen LogP contribution in [-0.4, -0.2) is 40.6 Å². The lowest BCUT2D eigenvalue weighted by atomic mass is 9.98. The number of carbonyl (C=O) groups is 1. The predicted molar refractivity (Wildman–Crippen MR) is 86.4 cm³/mol. The summed E-state index contributed by atoms with van der Waals surface area (Å²) < 4.78 is 18.6. The topological polar surface area (TPSA) is 62.7 Å². The lowest BCUT2D eigenvalue weighted by molar-refractivity contribution is 0.0624. The van der Waals surface area contributed by atoms with Gasteiger partial charge in [-0.05, 0) is 49.2 Å². The molecule has 24 heavy (non-hydrogen) atoms. The van der Waals surface area contributed by atoms with Crippen LogP contribution in [0.2, 0.25) is 0 Å². The van der Waals surface area contributed by atoms with E-state index < -0.39 is 0 Å². The quantitative estimate of drug-likeness (QED) is 0.936. The van der Waals surface area contributed by atoms with Gasteiger partial charge < -0.3 is 14.7 Å². The number of pyridine rings is 1. The Morgan fingerprint density at radius 2 is 2.12 bits per heavy atom. The fourth-order valence-electron chi connectivity index (χ4n) is 2.84. The molecule has 2 heterocycles. The SMILES string of the molecule is O=C(c1ncccc1O)N1CCC[C@H](COc2ccc(F)cc2)C1. The van der Waals surface area contributed by atoms with E-state index >= 15 is 0 Å². The molecule has 6 heteroatoms. The van der Waals surface area contributed by atoms with Crippen LogP contribution >= 0.6 is 0 Å². The van der Waals surface area contributed by atoms with Gasteiger partial charge in [-0.25, -0.2) is 9.37 Å². The van der Waals surface area contributed by atoms with Crippen molar-refractivity contribution in [3.63, 3.8) is 0 Å². The van der Waals surface area contributed by atoms with Gasteiger partial charge in [-0.2, -0.15) is 0 Å². The number of aromatic hydroxyl groups is 1. The van der Waals surface area contributed by atoms with Crippen molar-refractivity contribution in [1.82, 2.24) is 9.88 Å². The summed E-state index contributed by atoms with van der Waals surface area (Å²) in [6.45, 7) is 1.65. The highest BCUT2D eigenvalue weighted by atomic mass is 19.1. The average molecular weight is 330 g/mol. The van der Waals surface area contributed by atoms with Gasteiger partial charge in [-0.1, -0.05) is 0 Å². The second-order valence-electron chi connectivity index (χ2n) is 5.90. The number of ether oxygens (including phenoxy) is 1. The molecule has 1 aromatic carbocycles. The number of hydrogen-bond acceptors (Lipinski definition) is 4. The summed E-state index contributed by atoms with van der Waals surface area (Å²) >= 11 is 0. The summed E-state index contributed by atoms with van der Waals surface area (Å²) in [6.07, 6.45) is 3.32. The third-order valence-electron chi connectivity index (χ3n) is 4.09. The molecule has 1 amide bonds. The third kappa shape index (κ3) is 3.82. The average Bonchev–Trinajstić information content (AvgIpc) is 2.61. The first-order valence-corrected chi connectivity index (χ1v) is 7.95. The molecule has 1 saturated heterocycles. The Morgan fingerprint density at radius 1 is 1.33 bits per heavy atom. The number of amides is 1. The van der Waals surface area contributed by atoms with Crippen molar-refractivity contribution in [3.05, 3.63) is 54.1 Å². The normalized spacial score (nSPS) is 17.5. The largest absolute Gasteiger partial charge is 0.505 e. The molecule has 0 spiro atoms. The second kappa shape index (κ2) is 7.29. The van der Waals surface area contributed by atoms with Crippen LogP contribution in [0.4, 0.5) is 4.39 Å². The smallest absolute Gasteiger partial charge is 0.276 e. The minimum absolute atomic E-state index is 0.0811. The number of hydrogen-bond donors (Lipinski definition) is 1. The number of aromatic nitrogens is 1. The first-order valence-electron chi connectivity index (χ1n) is 7.95. The van der Waals surface area contributed by atoms with Crippen LogP contribution in [0.15, 0.2) is 42.6 Å². The highest BCUT2D eigenvalue weighted by molar-refractivity contribution is 5.94. The summed E-state index contributed by atoms with van der Waals surface area (Å²) in [7, 11) is 0. The molecule has 5 nitrogen and oxygen atoms in total. The molecule has 1 N–H and O–H groups in total. The van der Waals surface area contributed by atoms with E-state index in [2.05, 4.69) is 4.98 Å². The highest BCUT2D eigenvalue weighted by Gasteiger charge is 2.27. The molecule has 3 rings (SSSR count). The number of carbonyl (C=O) groups excluding carboxylic acids is 1. The van der Waals surface area contributed by atoms with Gasteiger partial charge in [-0.3, -0.25) is 4.79 Å². The molecule has 2 aromatic rings. The maximum Gasteiger partial charge on any atom is 0.276 e. The van der Waals surface area contributed by atoms with Crippen molar-refractivity contribution < 1.29 is 19.0 Å². The van der Waals surface area contributed by atoms with Gasteiger partial charge in [0.05, 0.1) is 6.61 Å². The van der Waals surface area contributed by atoms with Crippen molar-refractivity contribution in [3.8, 4) is 11.5 Å². The first-order chi connectivity index (χ1) is 11.6. The number of halogens is 1. The molecule has 126 valence electrons. The van der Waals surface area contributed by atoms with Gasteiger partial charge in [0.15, 0.2) is 5.69 Å². The zero-order chi connectivity index (χ0) is 16.9. The number of rotatable bonds is 4. The molecule has 0 unspecified atom stereocenters. The Morgan fingerprint density at radius 3 is 2.88 bits per heavy atom.